The highest BCUT2D eigenvalue weighted by Gasteiger charge is 2.27. The standard InChI is InChI=1S/C16H25N7.HI/c1-3-22(13-7-8-13)11-9-18-16(17-2)19-12-15-21-20-14-6-4-5-10-23(14)15;/h4-6,10,13H,3,7-9,11-12H2,1-2H3,(H2,17,18,19);1H. The van der Waals surface area contributed by atoms with Gasteiger partial charge >= 0.3 is 0 Å². The summed E-state index contributed by atoms with van der Waals surface area (Å²) in [5, 5.41) is 15.0. The Labute approximate surface area is 159 Å². The predicted octanol–water partition coefficient (Wildman–Crippen LogP) is 1.50. The third kappa shape index (κ3) is 4.79. The second-order valence-electron chi connectivity index (χ2n) is 5.76. The van der Waals surface area contributed by atoms with Crippen LogP contribution in [0.3, 0.4) is 0 Å². The SMILES string of the molecule is CCN(CCNC(=NC)NCc1nnc2ccccn12)C1CC1.I. The van der Waals surface area contributed by atoms with Gasteiger partial charge < -0.3 is 10.6 Å². The molecule has 0 radical (unpaired) electrons. The van der Waals surface area contributed by atoms with E-state index in [-0.39, 0.29) is 24.0 Å². The first-order chi connectivity index (χ1) is 11.3. The summed E-state index contributed by atoms with van der Waals surface area (Å²) in [4.78, 5) is 6.79. The number of aromatic nitrogens is 3. The first-order valence-corrected chi connectivity index (χ1v) is 8.29. The van der Waals surface area contributed by atoms with Crippen LogP contribution < -0.4 is 10.6 Å². The number of rotatable bonds is 7. The Morgan fingerprint density at radius 1 is 1.33 bits per heavy atom. The van der Waals surface area contributed by atoms with Crippen molar-refractivity contribution in [1.82, 2.24) is 30.1 Å². The summed E-state index contributed by atoms with van der Waals surface area (Å²) in [5.74, 6) is 1.67. The molecule has 0 atom stereocenters. The van der Waals surface area contributed by atoms with Crippen molar-refractivity contribution in [3.8, 4) is 0 Å². The fourth-order valence-corrected chi connectivity index (χ4v) is 2.75. The molecule has 0 unspecified atom stereocenters. The van der Waals surface area contributed by atoms with Crippen LogP contribution in [0.1, 0.15) is 25.6 Å². The van der Waals surface area contributed by atoms with E-state index in [1.54, 1.807) is 7.05 Å². The fourth-order valence-electron chi connectivity index (χ4n) is 2.75. The molecule has 2 N–H and O–H groups in total. The lowest BCUT2D eigenvalue weighted by Gasteiger charge is -2.20. The van der Waals surface area contributed by atoms with E-state index in [0.29, 0.717) is 6.54 Å². The summed E-state index contributed by atoms with van der Waals surface area (Å²) in [6, 6.07) is 6.69. The van der Waals surface area contributed by atoms with Crippen LogP contribution in [0.2, 0.25) is 0 Å². The molecule has 0 amide bonds. The maximum Gasteiger partial charge on any atom is 0.191 e. The number of hydrogen-bond donors (Lipinski definition) is 2. The van der Waals surface area contributed by atoms with E-state index in [4.69, 9.17) is 0 Å². The zero-order valence-corrected chi connectivity index (χ0v) is 16.6. The van der Waals surface area contributed by atoms with E-state index in [0.717, 1.165) is 43.1 Å². The third-order valence-electron chi connectivity index (χ3n) is 4.18. The molecule has 2 aromatic heterocycles. The second kappa shape index (κ2) is 9.16. The van der Waals surface area contributed by atoms with E-state index in [2.05, 4.69) is 37.6 Å². The molecule has 2 heterocycles. The van der Waals surface area contributed by atoms with Crippen LogP contribution in [-0.4, -0.2) is 58.2 Å². The molecule has 0 saturated heterocycles. The number of guanidine groups is 1. The molecule has 0 bridgehead atoms. The minimum atomic E-state index is 0. The zero-order chi connectivity index (χ0) is 16.1. The van der Waals surface area contributed by atoms with Crippen LogP contribution in [-0.2, 0) is 6.54 Å². The number of nitrogens with one attached hydrogen (secondary N) is 2. The van der Waals surface area contributed by atoms with Crippen molar-refractivity contribution < 1.29 is 0 Å². The van der Waals surface area contributed by atoms with Gasteiger partial charge in [-0.2, -0.15) is 0 Å². The Bertz CT molecular complexity index is 665. The number of aliphatic imine (C=N–C) groups is 1. The average molecular weight is 443 g/mol. The summed E-state index contributed by atoms with van der Waals surface area (Å²) < 4.78 is 1.98. The molecule has 2 aromatic rings. The predicted molar refractivity (Wildman–Crippen MR) is 107 cm³/mol. The van der Waals surface area contributed by atoms with Crippen LogP contribution in [0.5, 0.6) is 0 Å². The number of hydrogen-bond acceptors (Lipinski definition) is 4. The molecule has 0 spiro atoms. The maximum atomic E-state index is 4.27. The monoisotopic (exact) mass is 443 g/mol. The highest BCUT2D eigenvalue weighted by molar-refractivity contribution is 14.0. The van der Waals surface area contributed by atoms with Crippen molar-refractivity contribution in [1.29, 1.82) is 0 Å². The molecular formula is C16H26IN7. The molecule has 132 valence electrons. The van der Waals surface area contributed by atoms with E-state index in [1.807, 2.05) is 28.8 Å². The summed E-state index contributed by atoms with van der Waals surface area (Å²) in [5.41, 5.74) is 0.857. The van der Waals surface area contributed by atoms with Crippen LogP contribution in [0.25, 0.3) is 5.65 Å². The molecule has 0 aliphatic heterocycles. The Hall–Kier alpha value is -1.42. The molecule has 0 aromatic carbocycles. The number of nitrogens with zero attached hydrogens (tertiary/aromatic N) is 5. The Morgan fingerprint density at radius 3 is 2.88 bits per heavy atom. The van der Waals surface area contributed by atoms with E-state index in [1.165, 1.54) is 12.8 Å². The molecule has 24 heavy (non-hydrogen) atoms. The van der Waals surface area contributed by atoms with Crippen LogP contribution in [0.4, 0.5) is 0 Å². The van der Waals surface area contributed by atoms with E-state index >= 15 is 0 Å². The highest BCUT2D eigenvalue weighted by Crippen LogP contribution is 2.25. The van der Waals surface area contributed by atoms with Gasteiger partial charge in [-0.3, -0.25) is 14.3 Å². The number of likely N-dealkylation sites (N-methyl/N-ethyl adjacent to an activating group) is 1. The summed E-state index contributed by atoms with van der Waals surface area (Å²) in [6.45, 7) is 5.87. The van der Waals surface area contributed by atoms with Crippen molar-refractivity contribution in [2.24, 2.45) is 4.99 Å². The first-order valence-electron chi connectivity index (χ1n) is 8.29. The van der Waals surface area contributed by atoms with Gasteiger partial charge in [-0.25, -0.2) is 0 Å². The molecule has 1 aliphatic carbocycles. The molecule has 8 heteroatoms. The summed E-state index contributed by atoms with van der Waals surface area (Å²) in [7, 11) is 1.79. The lowest BCUT2D eigenvalue weighted by Crippen LogP contribution is -2.42. The zero-order valence-electron chi connectivity index (χ0n) is 14.3. The van der Waals surface area contributed by atoms with Crippen molar-refractivity contribution in [3.63, 3.8) is 0 Å². The van der Waals surface area contributed by atoms with Gasteiger partial charge in [-0.1, -0.05) is 13.0 Å². The minimum Gasteiger partial charge on any atom is -0.355 e. The number of halogens is 1. The van der Waals surface area contributed by atoms with Crippen LogP contribution >= 0.6 is 24.0 Å². The quantitative estimate of drug-likeness (QED) is 0.386. The molecular weight excluding hydrogens is 417 g/mol. The average Bonchev–Trinajstić information content (AvgIpc) is 3.35. The lowest BCUT2D eigenvalue weighted by molar-refractivity contribution is 0.282. The first kappa shape index (κ1) is 18.9. The van der Waals surface area contributed by atoms with Gasteiger partial charge in [0.05, 0.1) is 6.54 Å². The minimum absolute atomic E-state index is 0. The maximum absolute atomic E-state index is 4.27. The molecule has 1 fully saturated rings. The van der Waals surface area contributed by atoms with Gasteiger partial charge in [0.15, 0.2) is 17.4 Å². The summed E-state index contributed by atoms with van der Waals surface area (Å²) in [6.07, 6.45) is 4.67. The molecule has 3 rings (SSSR count). The van der Waals surface area contributed by atoms with Crippen molar-refractivity contribution in [2.45, 2.75) is 32.4 Å². The van der Waals surface area contributed by atoms with Crippen molar-refractivity contribution in [3.05, 3.63) is 30.2 Å². The molecule has 1 aliphatic rings. The third-order valence-corrected chi connectivity index (χ3v) is 4.18. The van der Waals surface area contributed by atoms with Crippen molar-refractivity contribution in [2.75, 3.05) is 26.7 Å². The molecule has 1 saturated carbocycles. The number of pyridine rings is 1. The van der Waals surface area contributed by atoms with Gasteiger partial charge in [0, 0.05) is 32.4 Å². The van der Waals surface area contributed by atoms with Gasteiger partial charge in [0.1, 0.15) is 0 Å². The highest BCUT2D eigenvalue weighted by atomic mass is 127. The topological polar surface area (TPSA) is 69.8 Å². The van der Waals surface area contributed by atoms with Gasteiger partial charge in [-0.15, -0.1) is 34.2 Å². The van der Waals surface area contributed by atoms with Crippen LogP contribution in [0, 0.1) is 0 Å². The largest absolute Gasteiger partial charge is 0.355 e. The normalized spacial score (nSPS) is 14.7. The second-order valence-corrected chi connectivity index (χ2v) is 5.76. The van der Waals surface area contributed by atoms with Crippen LogP contribution in [0.15, 0.2) is 29.4 Å². The van der Waals surface area contributed by atoms with Gasteiger partial charge in [0.2, 0.25) is 0 Å². The van der Waals surface area contributed by atoms with Crippen molar-refractivity contribution >= 4 is 35.6 Å². The Balaban J connectivity index is 0.00000208. The van der Waals surface area contributed by atoms with Gasteiger partial charge in [0.25, 0.3) is 0 Å². The number of fused-ring (bicyclic) bond motifs is 1. The fraction of sp³-hybridized carbons (Fsp3) is 0.562. The Morgan fingerprint density at radius 2 is 2.17 bits per heavy atom. The van der Waals surface area contributed by atoms with Gasteiger partial charge in [-0.05, 0) is 31.5 Å². The van der Waals surface area contributed by atoms with E-state index < -0.39 is 0 Å². The smallest absolute Gasteiger partial charge is 0.191 e. The van der Waals surface area contributed by atoms with E-state index in [9.17, 15) is 0 Å². The summed E-state index contributed by atoms with van der Waals surface area (Å²) >= 11 is 0. The molecule has 7 nitrogen and oxygen atoms in total. The Kier molecular flexibility index (Phi) is 7.22. The lowest BCUT2D eigenvalue weighted by atomic mass is 10.4.